The van der Waals surface area contributed by atoms with Crippen LogP contribution in [-0.2, 0) is 0 Å². The Balaban J connectivity index is 2.22. The van der Waals surface area contributed by atoms with Crippen molar-refractivity contribution in [1.29, 1.82) is 0 Å². The number of hydrogen-bond acceptors (Lipinski definition) is 3. The maximum absolute atomic E-state index is 4.63. The van der Waals surface area contributed by atoms with Crippen LogP contribution in [0.1, 0.15) is 0 Å². The number of thiazole rings is 1. The lowest BCUT2D eigenvalue weighted by Crippen LogP contribution is -1.71. The van der Waals surface area contributed by atoms with E-state index in [9.17, 15) is 0 Å². The zero-order valence-electron chi connectivity index (χ0n) is 7.91. The molecule has 1 nitrogen and oxygen atoms in total. The molecule has 0 bridgehead atoms. The summed E-state index contributed by atoms with van der Waals surface area (Å²) in [5, 5.41) is 1.06. The summed E-state index contributed by atoms with van der Waals surface area (Å²) in [5.74, 6) is 0. The van der Waals surface area contributed by atoms with Gasteiger partial charge in [-0.25, -0.2) is 4.98 Å². The molecule has 0 aliphatic rings. The molecule has 0 aliphatic carbocycles. The van der Waals surface area contributed by atoms with Crippen molar-refractivity contribution >= 4 is 64.8 Å². The number of benzene rings is 1. The second kappa shape index (κ2) is 4.22. The predicted octanol–water partition coefficient (Wildman–Crippen LogP) is 5.55. The maximum Gasteiger partial charge on any atom is 0.126 e. The van der Waals surface area contributed by atoms with Crippen LogP contribution in [0.25, 0.3) is 20.8 Å². The highest BCUT2D eigenvalue weighted by Crippen LogP contribution is 2.41. The van der Waals surface area contributed by atoms with Crippen LogP contribution in [0.5, 0.6) is 0 Å². The largest absolute Gasteiger partial charge is 0.236 e. The van der Waals surface area contributed by atoms with Crippen LogP contribution in [0, 0.1) is 0 Å². The Morgan fingerprint density at radius 1 is 1.06 bits per heavy atom. The number of thiophene rings is 1. The Bertz CT molecular complexity index is 624. The summed E-state index contributed by atoms with van der Waals surface area (Å²) in [7, 11) is 0. The Morgan fingerprint density at radius 3 is 2.56 bits per heavy atom. The van der Waals surface area contributed by atoms with E-state index in [1.54, 1.807) is 22.7 Å². The molecule has 0 spiro atoms. The number of aromatic nitrogens is 1. The minimum absolute atomic E-state index is 1.06. The summed E-state index contributed by atoms with van der Waals surface area (Å²) >= 11 is 10.5. The molecule has 0 atom stereocenters. The molecular formula is C11H5Br2NS2. The third-order valence-corrected chi connectivity index (χ3v) is 5.59. The average molecular weight is 375 g/mol. The lowest BCUT2D eigenvalue weighted by atomic mass is 10.3. The van der Waals surface area contributed by atoms with Crippen LogP contribution >= 0.6 is 54.5 Å². The second-order valence-electron chi connectivity index (χ2n) is 3.22. The molecule has 16 heavy (non-hydrogen) atoms. The molecule has 3 rings (SSSR count). The first-order valence-corrected chi connectivity index (χ1v) is 7.77. The Kier molecular flexibility index (Phi) is 2.87. The molecule has 0 aliphatic heterocycles. The van der Waals surface area contributed by atoms with Gasteiger partial charge in [0, 0.05) is 5.56 Å². The highest BCUT2D eigenvalue weighted by molar-refractivity contribution is 9.12. The standard InChI is InChI=1S/C11H5Br2NS2/c12-9-5-6(10(13)16-9)11-14-7-3-1-2-4-8(7)15-11/h1-5H. The molecule has 0 unspecified atom stereocenters. The van der Waals surface area contributed by atoms with E-state index < -0.39 is 0 Å². The number of rotatable bonds is 1. The molecule has 0 saturated carbocycles. The Labute approximate surface area is 117 Å². The van der Waals surface area contributed by atoms with E-state index in [1.165, 1.54) is 4.70 Å². The molecule has 0 N–H and O–H groups in total. The molecule has 0 fully saturated rings. The van der Waals surface area contributed by atoms with Crippen LogP contribution in [0.3, 0.4) is 0 Å². The average Bonchev–Trinajstić information content (AvgIpc) is 2.81. The van der Waals surface area contributed by atoms with E-state index in [2.05, 4.69) is 49.0 Å². The van der Waals surface area contributed by atoms with Crippen LogP contribution < -0.4 is 0 Å². The van der Waals surface area contributed by atoms with E-state index in [0.29, 0.717) is 0 Å². The van der Waals surface area contributed by atoms with Gasteiger partial charge in [0.15, 0.2) is 0 Å². The minimum atomic E-state index is 1.06. The fourth-order valence-electron chi connectivity index (χ4n) is 1.47. The highest BCUT2D eigenvalue weighted by atomic mass is 79.9. The third kappa shape index (κ3) is 1.86. The van der Waals surface area contributed by atoms with E-state index in [-0.39, 0.29) is 0 Å². The third-order valence-electron chi connectivity index (χ3n) is 2.18. The van der Waals surface area contributed by atoms with Gasteiger partial charge in [-0.3, -0.25) is 0 Å². The van der Waals surface area contributed by atoms with Crippen molar-refractivity contribution in [2.45, 2.75) is 0 Å². The summed E-state index contributed by atoms with van der Waals surface area (Å²) in [5.41, 5.74) is 2.23. The monoisotopic (exact) mass is 373 g/mol. The zero-order chi connectivity index (χ0) is 11.1. The SMILES string of the molecule is Brc1cc(-c2nc3ccccc3s2)c(Br)s1. The van der Waals surface area contributed by atoms with Crippen molar-refractivity contribution in [2.75, 3.05) is 0 Å². The molecule has 0 radical (unpaired) electrons. The van der Waals surface area contributed by atoms with Crippen LogP contribution in [0.15, 0.2) is 37.9 Å². The fraction of sp³-hybridized carbons (Fsp3) is 0. The Hall–Kier alpha value is -0.230. The normalized spacial score (nSPS) is 11.1. The second-order valence-corrected chi connectivity index (χ2v) is 8.00. The lowest BCUT2D eigenvalue weighted by Gasteiger charge is -1.89. The molecule has 1 aromatic carbocycles. The number of nitrogens with zero attached hydrogens (tertiary/aromatic N) is 1. The van der Waals surface area contributed by atoms with Gasteiger partial charge in [-0.1, -0.05) is 12.1 Å². The fourth-order valence-corrected chi connectivity index (χ4v) is 5.46. The number of fused-ring (bicyclic) bond motifs is 1. The zero-order valence-corrected chi connectivity index (χ0v) is 12.7. The number of para-hydroxylation sites is 1. The van der Waals surface area contributed by atoms with Crippen molar-refractivity contribution in [1.82, 2.24) is 4.98 Å². The van der Waals surface area contributed by atoms with E-state index in [1.807, 2.05) is 18.2 Å². The first-order valence-electron chi connectivity index (χ1n) is 4.55. The van der Waals surface area contributed by atoms with Gasteiger partial charge < -0.3 is 0 Å². The molecule has 5 heteroatoms. The van der Waals surface area contributed by atoms with Gasteiger partial charge in [0.05, 0.1) is 17.8 Å². The van der Waals surface area contributed by atoms with Gasteiger partial charge in [-0.15, -0.1) is 22.7 Å². The minimum Gasteiger partial charge on any atom is -0.236 e. The molecular weight excluding hydrogens is 370 g/mol. The molecule has 0 saturated heterocycles. The smallest absolute Gasteiger partial charge is 0.126 e. The van der Waals surface area contributed by atoms with E-state index in [4.69, 9.17) is 0 Å². The topological polar surface area (TPSA) is 12.9 Å². The Morgan fingerprint density at radius 2 is 1.88 bits per heavy atom. The molecule has 2 heterocycles. The predicted molar refractivity (Wildman–Crippen MR) is 78.3 cm³/mol. The first-order chi connectivity index (χ1) is 7.74. The van der Waals surface area contributed by atoms with Gasteiger partial charge in [0.2, 0.25) is 0 Å². The summed E-state index contributed by atoms with van der Waals surface area (Å²) in [6.07, 6.45) is 0. The van der Waals surface area contributed by atoms with E-state index in [0.717, 1.165) is 23.7 Å². The van der Waals surface area contributed by atoms with Gasteiger partial charge in [-0.05, 0) is 50.1 Å². The van der Waals surface area contributed by atoms with Crippen molar-refractivity contribution in [2.24, 2.45) is 0 Å². The molecule has 0 amide bonds. The molecule has 80 valence electrons. The van der Waals surface area contributed by atoms with Gasteiger partial charge in [0.1, 0.15) is 5.01 Å². The van der Waals surface area contributed by atoms with Gasteiger partial charge in [-0.2, -0.15) is 0 Å². The van der Waals surface area contributed by atoms with Crippen LogP contribution in [0.2, 0.25) is 0 Å². The van der Waals surface area contributed by atoms with Crippen molar-refractivity contribution < 1.29 is 0 Å². The number of halogens is 2. The summed E-state index contributed by atoms with van der Waals surface area (Å²) in [4.78, 5) is 4.63. The quantitative estimate of drug-likeness (QED) is 0.544. The van der Waals surface area contributed by atoms with Crippen molar-refractivity contribution in [3.05, 3.63) is 37.9 Å². The molecule has 2 aromatic heterocycles. The molecule has 3 aromatic rings. The van der Waals surface area contributed by atoms with Gasteiger partial charge in [0.25, 0.3) is 0 Å². The van der Waals surface area contributed by atoms with Gasteiger partial charge >= 0.3 is 0 Å². The first kappa shape index (κ1) is 10.9. The van der Waals surface area contributed by atoms with Crippen LogP contribution in [-0.4, -0.2) is 4.98 Å². The maximum atomic E-state index is 4.63. The summed E-state index contributed by atoms with van der Waals surface area (Å²) < 4.78 is 3.47. The van der Waals surface area contributed by atoms with Crippen molar-refractivity contribution in [3.8, 4) is 10.6 Å². The van der Waals surface area contributed by atoms with Crippen LogP contribution in [0.4, 0.5) is 0 Å². The summed E-state index contributed by atoms with van der Waals surface area (Å²) in [6.45, 7) is 0. The number of hydrogen-bond donors (Lipinski definition) is 0. The van der Waals surface area contributed by atoms with E-state index >= 15 is 0 Å². The lowest BCUT2D eigenvalue weighted by molar-refractivity contribution is 1.49. The van der Waals surface area contributed by atoms with Crippen molar-refractivity contribution in [3.63, 3.8) is 0 Å². The highest BCUT2D eigenvalue weighted by Gasteiger charge is 2.12. The summed E-state index contributed by atoms with van der Waals surface area (Å²) in [6, 6.07) is 10.3.